The highest BCUT2D eigenvalue weighted by atomic mass is 19.1. The van der Waals surface area contributed by atoms with Gasteiger partial charge in [-0.3, -0.25) is 9.69 Å². The molecule has 1 aromatic heterocycles. The first-order chi connectivity index (χ1) is 19.5. The van der Waals surface area contributed by atoms with Gasteiger partial charge >= 0.3 is 0 Å². The third-order valence-corrected chi connectivity index (χ3v) is 8.30. The molecule has 206 valence electrons. The van der Waals surface area contributed by atoms with Gasteiger partial charge in [0.2, 0.25) is 0 Å². The highest BCUT2D eigenvalue weighted by Crippen LogP contribution is 2.35. The maximum atomic E-state index is 13.9. The molecule has 3 aromatic carbocycles. The summed E-state index contributed by atoms with van der Waals surface area (Å²) in [5.41, 5.74) is 10.4. The average Bonchev–Trinajstić information content (AvgIpc) is 3.65. The summed E-state index contributed by atoms with van der Waals surface area (Å²) >= 11 is 0. The van der Waals surface area contributed by atoms with Gasteiger partial charge in [0.25, 0.3) is 5.91 Å². The number of nitrogen functional groups attached to an aromatic ring is 1. The lowest BCUT2D eigenvalue weighted by atomic mass is 9.90. The standard InChI is InChI=1S/C32H33F2N5O/c33-26-7-9-27(10-8-26)39-31(24-12-15-37(16-13-24)20-22-6-11-29(34)30(35)18-22)28(19-36-39)32(40)38-17-14-25(21-38)23-4-2-1-3-5-23/h1-11,18-19,24-25H,12-17,20-21,35H2/t25-/m0/s1. The molecule has 0 bridgehead atoms. The van der Waals surface area contributed by atoms with E-state index in [1.807, 2.05) is 27.8 Å². The van der Waals surface area contributed by atoms with Gasteiger partial charge in [0.05, 0.1) is 28.8 Å². The molecule has 2 aliphatic rings. The van der Waals surface area contributed by atoms with Crippen LogP contribution in [0.2, 0.25) is 0 Å². The van der Waals surface area contributed by atoms with E-state index in [4.69, 9.17) is 5.73 Å². The van der Waals surface area contributed by atoms with Gasteiger partial charge in [-0.1, -0.05) is 36.4 Å². The van der Waals surface area contributed by atoms with Crippen LogP contribution in [0.1, 0.15) is 58.3 Å². The topological polar surface area (TPSA) is 67.4 Å². The summed E-state index contributed by atoms with van der Waals surface area (Å²) in [6, 6.07) is 21.5. The van der Waals surface area contributed by atoms with Crippen molar-refractivity contribution in [3.05, 3.63) is 113 Å². The van der Waals surface area contributed by atoms with Gasteiger partial charge in [-0.15, -0.1) is 0 Å². The summed E-state index contributed by atoms with van der Waals surface area (Å²) in [5.74, 6) is -0.265. The Morgan fingerprint density at radius 3 is 2.35 bits per heavy atom. The predicted octanol–water partition coefficient (Wildman–Crippen LogP) is 5.74. The summed E-state index contributed by atoms with van der Waals surface area (Å²) < 4.78 is 29.1. The van der Waals surface area contributed by atoms with Crippen LogP contribution in [-0.2, 0) is 6.54 Å². The second kappa shape index (κ2) is 11.2. The van der Waals surface area contributed by atoms with Crippen LogP contribution in [0, 0.1) is 11.6 Å². The molecule has 1 amide bonds. The van der Waals surface area contributed by atoms with E-state index in [0.717, 1.165) is 49.3 Å². The number of likely N-dealkylation sites (tertiary alicyclic amines) is 2. The number of hydrogen-bond donors (Lipinski definition) is 1. The molecule has 6 rings (SSSR count). The van der Waals surface area contributed by atoms with E-state index in [1.165, 1.54) is 23.8 Å². The molecular formula is C32H33F2N5O. The molecule has 0 aliphatic carbocycles. The summed E-state index contributed by atoms with van der Waals surface area (Å²) in [7, 11) is 0. The van der Waals surface area contributed by atoms with E-state index in [9.17, 15) is 13.6 Å². The second-order valence-electron chi connectivity index (χ2n) is 10.9. The van der Waals surface area contributed by atoms with Crippen LogP contribution < -0.4 is 5.73 Å². The SMILES string of the molecule is Nc1cc(CN2CCC(c3c(C(=O)N4CC[C@H](c5ccccc5)C4)cnn3-c3ccc(F)cc3)CC2)ccc1F. The molecule has 2 saturated heterocycles. The zero-order valence-electron chi connectivity index (χ0n) is 22.3. The van der Waals surface area contributed by atoms with Crippen LogP contribution >= 0.6 is 0 Å². The minimum absolute atomic E-state index is 0.00556. The molecule has 0 saturated carbocycles. The van der Waals surface area contributed by atoms with Crippen LogP contribution in [0.25, 0.3) is 5.69 Å². The van der Waals surface area contributed by atoms with E-state index in [-0.39, 0.29) is 23.3 Å². The average molecular weight is 542 g/mol. The minimum atomic E-state index is -0.401. The highest BCUT2D eigenvalue weighted by Gasteiger charge is 2.34. The number of carbonyl (C=O) groups excluding carboxylic acids is 1. The van der Waals surface area contributed by atoms with Crippen molar-refractivity contribution in [2.45, 2.75) is 37.6 Å². The van der Waals surface area contributed by atoms with Crippen molar-refractivity contribution in [3.63, 3.8) is 0 Å². The van der Waals surface area contributed by atoms with Gasteiger partial charge in [0.15, 0.2) is 0 Å². The minimum Gasteiger partial charge on any atom is -0.396 e. The first kappa shape index (κ1) is 26.2. The molecule has 0 unspecified atom stereocenters. The molecule has 8 heteroatoms. The summed E-state index contributed by atoms with van der Waals surface area (Å²) in [6.45, 7) is 3.73. The Balaban J connectivity index is 1.23. The maximum absolute atomic E-state index is 13.9. The fourth-order valence-electron chi connectivity index (χ4n) is 6.13. The largest absolute Gasteiger partial charge is 0.396 e. The number of piperidine rings is 1. The predicted molar refractivity (Wildman–Crippen MR) is 151 cm³/mol. The van der Waals surface area contributed by atoms with Gasteiger partial charge in [-0.05, 0) is 79.9 Å². The monoisotopic (exact) mass is 541 g/mol. The molecule has 2 aliphatic heterocycles. The number of carbonyl (C=O) groups is 1. The molecule has 1 atom stereocenters. The third-order valence-electron chi connectivity index (χ3n) is 8.30. The van der Waals surface area contributed by atoms with Crippen LogP contribution in [0.3, 0.4) is 0 Å². The smallest absolute Gasteiger partial charge is 0.257 e. The molecule has 4 aromatic rings. The molecule has 2 N–H and O–H groups in total. The number of anilines is 1. The van der Waals surface area contributed by atoms with E-state index in [0.29, 0.717) is 31.1 Å². The Morgan fingerprint density at radius 2 is 1.62 bits per heavy atom. The Labute approximate surface area is 233 Å². The number of hydrogen-bond acceptors (Lipinski definition) is 4. The number of aromatic nitrogens is 2. The maximum Gasteiger partial charge on any atom is 0.257 e. The van der Waals surface area contributed by atoms with Crippen molar-refractivity contribution in [1.29, 1.82) is 0 Å². The molecule has 0 spiro atoms. The molecule has 6 nitrogen and oxygen atoms in total. The summed E-state index contributed by atoms with van der Waals surface area (Å²) in [6.07, 6.45) is 4.31. The second-order valence-corrected chi connectivity index (χ2v) is 10.9. The van der Waals surface area contributed by atoms with Crippen LogP contribution in [-0.4, -0.2) is 51.7 Å². The Morgan fingerprint density at radius 1 is 0.900 bits per heavy atom. The Kier molecular flexibility index (Phi) is 7.34. The van der Waals surface area contributed by atoms with E-state index in [1.54, 1.807) is 30.5 Å². The zero-order valence-corrected chi connectivity index (χ0v) is 22.3. The number of benzene rings is 3. The summed E-state index contributed by atoms with van der Waals surface area (Å²) in [5, 5.41) is 4.65. The molecular weight excluding hydrogens is 508 g/mol. The number of halogens is 2. The van der Waals surface area contributed by atoms with Crippen molar-refractivity contribution in [1.82, 2.24) is 19.6 Å². The van der Waals surface area contributed by atoms with Crippen molar-refractivity contribution in [2.24, 2.45) is 0 Å². The normalized spacial score (nSPS) is 18.4. The van der Waals surface area contributed by atoms with Crippen molar-refractivity contribution in [2.75, 3.05) is 31.9 Å². The first-order valence-corrected chi connectivity index (χ1v) is 13.9. The molecule has 3 heterocycles. The van der Waals surface area contributed by atoms with E-state index in [2.05, 4.69) is 22.1 Å². The van der Waals surface area contributed by atoms with E-state index >= 15 is 0 Å². The Bertz CT molecular complexity index is 1480. The van der Waals surface area contributed by atoms with Gasteiger partial charge in [-0.2, -0.15) is 5.10 Å². The third kappa shape index (κ3) is 5.36. The van der Waals surface area contributed by atoms with Gasteiger partial charge in [-0.25, -0.2) is 13.5 Å². The van der Waals surface area contributed by atoms with Crippen molar-refractivity contribution >= 4 is 11.6 Å². The van der Waals surface area contributed by atoms with Gasteiger partial charge in [0, 0.05) is 31.5 Å². The summed E-state index contributed by atoms with van der Waals surface area (Å²) in [4.78, 5) is 18.2. The van der Waals surface area contributed by atoms with Crippen LogP contribution in [0.4, 0.5) is 14.5 Å². The highest BCUT2D eigenvalue weighted by molar-refractivity contribution is 5.95. The molecule has 0 radical (unpaired) electrons. The Hall–Kier alpha value is -4.04. The van der Waals surface area contributed by atoms with Crippen LogP contribution in [0.15, 0.2) is 79.0 Å². The zero-order chi connectivity index (χ0) is 27.6. The lowest BCUT2D eigenvalue weighted by Crippen LogP contribution is -2.34. The van der Waals surface area contributed by atoms with Gasteiger partial charge in [0.1, 0.15) is 11.6 Å². The fourth-order valence-corrected chi connectivity index (χ4v) is 6.13. The number of nitrogens with two attached hydrogens (primary N) is 1. The lowest BCUT2D eigenvalue weighted by molar-refractivity contribution is 0.0788. The quantitative estimate of drug-likeness (QED) is 0.316. The first-order valence-electron chi connectivity index (χ1n) is 13.9. The number of amides is 1. The molecule has 40 heavy (non-hydrogen) atoms. The van der Waals surface area contributed by atoms with Crippen LogP contribution in [0.5, 0.6) is 0 Å². The molecule has 2 fully saturated rings. The van der Waals surface area contributed by atoms with E-state index < -0.39 is 5.82 Å². The number of nitrogens with zero attached hydrogens (tertiary/aromatic N) is 4. The van der Waals surface area contributed by atoms with Crippen molar-refractivity contribution < 1.29 is 13.6 Å². The lowest BCUT2D eigenvalue weighted by Gasteiger charge is -2.33. The fraction of sp³-hybridized carbons (Fsp3) is 0.312. The van der Waals surface area contributed by atoms with Crippen molar-refractivity contribution in [3.8, 4) is 5.69 Å². The van der Waals surface area contributed by atoms with Gasteiger partial charge < -0.3 is 10.6 Å². The number of rotatable bonds is 6.